The number of nitro benzene ring substituents is 1. The lowest BCUT2D eigenvalue weighted by Crippen LogP contribution is -2.48. The molecule has 6 heteroatoms. The lowest BCUT2D eigenvalue weighted by molar-refractivity contribution is -0.384. The number of rotatable bonds is 2. The fraction of sp³-hybridized carbons (Fsp3) is 0.533. The molecule has 2 atom stereocenters. The smallest absolute Gasteiger partial charge is 0.269 e. The minimum Gasteiger partial charge on any atom is -0.393 e. The quantitative estimate of drug-likeness (QED) is 0.667. The van der Waals surface area contributed by atoms with Crippen molar-refractivity contribution < 1.29 is 14.8 Å². The highest BCUT2D eigenvalue weighted by atomic mass is 16.6. The van der Waals surface area contributed by atoms with E-state index in [0.717, 1.165) is 12.8 Å². The molecule has 0 radical (unpaired) electrons. The van der Waals surface area contributed by atoms with Gasteiger partial charge >= 0.3 is 0 Å². The van der Waals surface area contributed by atoms with Crippen molar-refractivity contribution in [3.63, 3.8) is 0 Å². The van der Waals surface area contributed by atoms with Crippen molar-refractivity contribution in [1.82, 2.24) is 4.90 Å². The van der Waals surface area contributed by atoms with Crippen molar-refractivity contribution in [2.24, 2.45) is 0 Å². The Morgan fingerprint density at radius 1 is 1.33 bits per heavy atom. The Balaban J connectivity index is 1.88. The minimum absolute atomic E-state index is 0.00101. The molecule has 0 saturated carbocycles. The summed E-state index contributed by atoms with van der Waals surface area (Å²) in [5.74, 6) is -0.0678. The van der Waals surface area contributed by atoms with Crippen LogP contribution < -0.4 is 0 Å². The second-order valence-electron chi connectivity index (χ2n) is 5.98. The summed E-state index contributed by atoms with van der Waals surface area (Å²) in [6, 6.07) is 4.55. The van der Waals surface area contributed by atoms with Gasteiger partial charge in [-0.05, 0) is 44.2 Å². The van der Waals surface area contributed by atoms with Gasteiger partial charge in [0.05, 0.1) is 11.0 Å². The van der Waals surface area contributed by atoms with Crippen LogP contribution in [0, 0.1) is 17.0 Å². The zero-order valence-electron chi connectivity index (χ0n) is 11.9. The van der Waals surface area contributed by atoms with E-state index in [0.29, 0.717) is 24.0 Å². The number of aliphatic hydroxyl groups excluding tert-OH is 1. The SMILES string of the molecule is Cc1cc([N+](=O)[O-])ccc1C(=O)N1C2CCC1CC(O)C2. The van der Waals surface area contributed by atoms with E-state index in [-0.39, 0.29) is 29.8 Å². The maximum atomic E-state index is 12.7. The zero-order valence-corrected chi connectivity index (χ0v) is 11.9. The van der Waals surface area contributed by atoms with Crippen LogP contribution in [0.1, 0.15) is 41.6 Å². The lowest BCUT2D eigenvalue weighted by Gasteiger charge is -2.37. The van der Waals surface area contributed by atoms with Crippen LogP contribution >= 0.6 is 0 Å². The van der Waals surface area contributed by atoms with Crippen LogP contribution in [-0.4, -0.2) is 39.0 Å². The summed E-state index contributed by atoms with van der Waals surface area (Å²) in [6.07, 6.45) is 2.81. The summed E-state index contributed by atoms with van der Waals surface area (Å²) in [5.41, 5.74) is 1.15. The Labute approximate surface area is 122 Å². The number of fused-ring (bicyclic) bond motifs is 2. The van der Waals surface area contributed by atoms with E-state index in [4.69, 9.17) is 0 Å². The maximum absolute atomic E-state index is 12.7. The molecule has 0 aliphatic carbocycles. The number of aliphatic hydroxyl groups is 1. The summed E-state index contributed by atoms with van der Waals surface area (Å²) in [5, 5.41) is 20.6. The van der Waals surface area contributed by atoms with Crippen LogP contribution in [0.3, 0.4) is 0 Å². The Bertz CT molecular complexity index is 587. The molecule has 1 N–H and O–H groups in total. The molecule has 1 aromatic carbocycles. The van der Waals surface area contributed by atoms with Crippen molar-refractivity contribution in [1.29, 1.82) is 0 Å². The van der Waals surface area contributed by atoms with E-state index >= 15 is 0 Å². The molecule has 2 unspecified atom stereocenters. The monoisotopic (exact) mass is 290 g/mol. The molecule has 2 saturated heterocycles. The highest BCUT2D eigenvalue weighted by molar-refractivity contribution is 5.96. The zero-order chi connectivity index (χ0) is 15.1. The second-order valence-corrected chi connectivity index (χ2v) is 5.98. The van der Waals surface area contributed by atoms with Gasteiger partial charge in [0.15, 0.2) is 0 Å². The molecular weight excluding hydrogens is 272 g/mol. The largest absolute Gasteiger partial charge is 0.393 e. The van der Waals surface area contributed by atoms with Gasteiger partial charge in [0.25, 0.3) is 11.6 Å². The third-order valence-electron chi connectivity index (χ3n) is 4.59. The number of non-ortho nitro benzene ring substituents is 1. The van der Waals surface area contributed by atoms with Crippen LogP contribution in [0.4, 0.5) is 5.69 Å². The first-order valence-corrected chi connectivity index (χ1v) is 7.23. The molecule has 21 heavy (non-hydrogen) atoms. The van der Waals surface area contributed by atoms with Crippen molar-refractivity contribution >= 4 is 11.6 Å². The number of aryl methyl sites for hydroxylation is 1. The van der Waals surface area contributed by atoms with Crippen LogP contribution in [0.2, 0.25) is 0 Å². The number of carbonyl (C=O) groups is 1. The number of amides is 1. The second kappa shape index (κ2) is 5.11. The molecule has 112 valence electrons. The van der Waals surface area contributed by atoms with Crippen molar-refractivity contribution in [2.45, 2.75) is 50.8 Å². The van der Waals surface area contributed by atoms with E-state index in [9.17, 15) is 20.0 Å². The first-order chi connectivity index (χ1) is 9.97. The highest BCUT2D eigenvalue weighted by Gasteiger charge is 2.43. The van der Waals surface area contributed by atoms with Crippen LogP contribution in [-0.2, 0) is 0 Å². The molecule has 0 spiro atoms. The first kappa shape index (κ1) is 14.0. The average Bonchev–Trinajstić information content (AvgIpc) is 2.70. The fourth-order valence-electron chi connectivity index (χ4n) is 3.62. The van der Waals surface area contributed by atoms with Gasteiger partial charge in [0.1, 0.15) is 0 Å². The number of hydrogen-bond donors (Lipinski definition) is 1. The maximum Gasteiger partial charge on any atom is 0.269 e. The number of piperidine rings is 1. The van der Waals surface area contributed by atoms with Gasteiger partial charge in [-0.1, -0.05) is 0 Å². The van der Waals surface area contributed by atoms with Crippen molar-refractivity contribution in [3.8, 4) is 0 Å². The lowest BCUT2D eigenvalue weighted by atomic mass is 9.97. The van der Waals surface area contributed by atoms with Crippen LogP contribution in [0.15, 0.2) is 18.2 Å². The summed E-state index contributed by atoms with van der Waals surface area (Å²) < 4.78 is 0. The Kier molecular flexibility index (Phi) is 3.41. The fourth-order valence-corrected chi connectivity index (χ4v) is 3.62. The number of benzene rings is 1. The predicted octanol–water partition coefficient (Wildman–Crippen LogP) is 2.03. The Hall–Kier alpha value is -1.95. The highest BCUT2D eigenvalue weighted by Crippen LogP contribution is 2.37. The normalized spacial score (nSPS) is 27.7. The molecule has 3 rings (SSSR count). The topological polar surface area (TPSA) is 83.7 Å². The van der Waals surface area contributed by atoms with Crippen LogP contribution in [0.25, 0.3) is 0 Å². The molecule has 2 fully saturated rings. The number of carbonyl (C=O) groups excluding carboxylic acids is 1. The summed E-state index contributed by atoms with van der Waals surface area (Å²) in [4.78, 5) is 24.9. The van der Waals surface area contributed by atoms with E-state index in [1.807, 2.05) is 4.90 Å². The molecular formula is C15H18N2O4. The van der Waals surface area contributed by atoms with Gasteiger partial charge in [0.2, 0.25) is 0 Å². The van der Waals surface area contributed by atoms with Gasteiger partial charge in [-0.25, -0.2) is 0 Å². The van der Waals surface area contributed by atoms with Crippen molar-refractivity contribution in [2.75, 3.05) is 0 Å². The molecule has 1 aromatic rings. The van der Waals surface area contributed by atoms with E-state index in [1.165, 1.54) is 12.1 Å². The molecule has 2 aliphatic rings. The Morgan fingerprint density at radius 3 is 2.48 bits per heavy atom. The summed E-state index contributed by atoms with van der Waals surface area (Å²) >= 11 is 0. The van der Waals surface area contributed by atoms with Gasteiger partial charge in [-0.3, -0.25) is 14.9 Å². The standard InChI is InChI=1S/C15H18N2O4/c1-9-6-12(17(20)21)4-5-14(9)15(19)16-10-2-3-11(16)8-13(18)7-10/h4-6,10-11,13,18H,2-3,7-8H2,1H3. The number of nitrogens with zero attached hydrogens (tertiary/aromatic N) is 2. The number of hydrogen-bond acceptors (Lipinski definition) is 4. The molecule has 1 amide bonds. The van der Waals surface area contributed by atoms with Gasteiger partial charge in [-0.2, -0.15) is 0 Å². The summed E-state index contributed by atoms with van der Waals surface area (Å²) in [7, 11) is 0. The Morgan fingerprint density at radius 2 is 1.95 bits per heavy atom. The molecule has 0 aromatic heterocycles. The minimum atomic E-state index is -0.456. The van der Waals surface area contributed by atoms with Crippen LogP contribution in [0.5, 0.6) is 0 Å². The predicted molar refractivity (Wildman–Crippen MR) is 76.1 cm³/mol. The first-order valence-electron chi connectivity index (χ1n) is 7.23. The van der Waals surface area contributed by atoms with E-state index < -0.39 is 4.92 Å². The van der Waals surface area contributed by atoms with Gasteiger partial charge < -0.3 is 10.0 Å². The van der Waals surface area contributed by atoms with Crippen molar-refractivity contribution in [3.05, 3.63) is 39.4 Å². The molecule has 2 heterocycles. The van der Waals surface area contributed by atoms with E-state index in [2.05, 4.69) is 0 Å². The van der Waals surface area contributed by atoms with Gasteiger partial charge in [-0.15, -0.1) is 0 Å². The molecule has 2 bridgehead atoms. The molecule has 2 aliphatic heterocycles. The summed E-state index contributed by atoms with van der Waals surface area (Å²) in [6.45, 7) is 1.72. The third kappa shape index (κ3) is 2.40. The third-order valence-corrected chi connectivity index (χ3v) is 4.59. The van der Waals surface area contributed by atoms with E-state index in [1.54, 1.807) is 13.0 Å². The average molecular weight is 290 g/mol. The number of nitro groups is 1. The van der Waals surface area contributed by atoms with Gasteiger partial charge in [0, 0.05) is 29.8 Å². The molecule has 6 nitrogen and oxygen atoms in total.